The van der Waals surface area contributed by atoms with Gasteiger partial charge in [-0.3, -0.25) is 19.4 Å². The van der Waals surface area contributed by atoms with Crippen molar-refractivity contribution in [2.24, 2.45) is 0 Å². The van der Waals surface area contributed by atoms with Crippen LogP contribution < -0.4 is 0 Å². The number of pyridine rings is 1. The van der Waals surface area contributed by atoms with Gasteiger partial charge >= 0.3 is 0 Å². The molecule has 0 aliphatic carbocycles. The molecule has 20 heavy (non-hydrogen) atoms. The third kappa shape index (κ3) is 2.93. The summed E-state index contributed by atoms with van der Waals surface area (Å²) < 4.78 is 2.14. The number of aromatic amines is 1. The summed E-state index contributed by atoms with van der Waals surface area (Å²) in [5, 5.41) is 6.92. The maximum atomic E-state index is 12.2. The van der Waals surface area contributed by atoms with Crippen LogP contribution in [0.4, 0.5) is 0 Å². The van der Waals surface area contributed by atoms with E-state index < -0.39 is 0 Å². The fourth-order valence-electron chi connectivity index (χ4n) is 1.99. The van der Waals surface area contributed by atoms with Gasteiger partial charge in [-0.05, 0) is 38.2 Å². The second-order valence-corrected chi connectivity index (χ2v) is 4.63. The Balaban J connectivity index is 2.31. The molecular formula is C13H17N5OS. The normalized spacial score (nSPS) is 10.5. The van der Waals surface area contributed by atoms with Crippen molar-refractivity contribution in [2.45, 2.75) is 20.4 Å². The van der Waals surface area contributed by atoms with Crippen LogP contribution in [-0.2, 0) is 11.3 Å². The molecule has 1 N–H and O–H groups in total. The molecule has 0 saturated carbocycles. The number of hydrogen-bond donors (Lipinski definition) is 1. The highest BCUT2D eigenvalue weighted by Gasteiger charge is 2.15. The van der Waals surface area contributed by atoms with Gasteiger partial charge in [0.2, 0.25) is 5.91 Å². The van der Waals surface area contributed by atoms with Gasteiger partial charge in [-0.25, -0.2) is 0 Å². The van der Waals surface area contributed by atoms with Gasteiger partial charge in [0.15, 0.2) is 10.6 Å². The third-order valence-electron chi connectivity index (χ3n) is 3.09. The van der Waals surface area contributed by atoms with Crippen LogP contribution in [0, 0.1) is 4.77 Å². The summed E-state index contributed by atoms with van der Waals surface area (Å²) >= 11 is 5.20. The molecule has 0 aromatic carbocycles. The smallest absolute Gasteiger partial charge is 0.242 e. The Labute approximate surface area is 122 Å². The topological polar surface area (TPSA) is 66.8 Å². The van der Waals surface area contributed by atoms with Gasteiger partial charge in [0.05, 0.1) is 0 Å². The summed E-state index contributed by atoms with van der Waals surface area (Å²) in [6.45, 7) is 5.46. The lowest BCUT2D eigenvalue weighted by Gasteiger charge is -2.19. The zero-order valence-corrected chi connectivity index (χ0v) is 12.4. The molecule has 2 rings (SSSR count). The molecule has 0 aliphatic heterocycles. The largest absolute Gasteiger partial charge is 0.342 e. The van der Waals surface area contributed by atoms with Crippen molar-refractivity contribution in [1.29, 1.82) is 0 Å². The average Bonchev–Trinajstić information content (AvgIpc) is 2.82. The number of nitrogens with zero attached hydrogens (tertiary/aromatic N) is 4. The highest BCUT2D eigenvalue weighted by atomic mass is 32.1. The first-order valence-electron chi connectivity index (χ1n) is 6.50. The first-order valence-corrected chi connectivity index (χ1v) is 6.91. The van der Waals surface area contributed by atoms with Gasteiger partial charge in [-0.1, -0.05) is 0 Å². The van der Waals surface area contributed by atoms with E-state index in [1.165, 1.54) is 0 Å². The van der Waals surface area contributed by atoms with Crippen LogP contribution in [0.2, 0.25) is 0 Å². The Hall–Kier alpha value is -2.02. The van der Waals surface area contributed by atoms with E-state index in [0.29, 0.717) is 23.7 Å². The third-order valence-corrected chi connectivity index (χ3v) is 3.40. The molecule has 0 aliphatic rings. The molecule has 0 radical (unpaired) electrons. The lowest BCUT2D eigenvalue weighted by Crippen LogP contribution is -2.33. The lowest BCUT2D eigenvalue weighted by molar-refractivity contribution is -0.131. The fraction of sp³-hybridized carbons (Fsp3) is 0.385. The Morgan fingerprint density at radius 2 is 2.20 bits per heavy atom. The minimum Gasteiger partial charge on any atom is -0.342 e. The van der Waals surface area contributed by atoms with Crippen molar-refractivity contribution in [3.8, 4) is 11.4 Å². The molecule has 7 heteroatoms. The number of carbonyl (C=O) groups is 1. The van der Waals surface area contributed by atoms with Crippen LogP contribution in [-0.4, -0.2) is 43.6 Å². The summed E-state index contributed by atoms with van der Waals surface area (Å²) in [6, 6.07) is 3.71. The lowest BCUT2D eigenvalue weighted by atomic mass is 10.2. The van der Waals surface area contributed by atoms with Gasteiger partial charge in [0.1, 0.15) is 6.54 Å². The number of aromatic nitrogens is 4. The molecule has 0 saturated heterocycles. The van der Waals surface area contributed by atoms with Crippen LogP contribution in [0.1, 0.15) is 13.8 Å². The molecule has 2 heterocycles. The number of amides is 1. The fourth-order valence-corrected chi connectivity index (χ4v) is 2.19. The minimum absolute atomic E-state index is 0.0256. The standard InChI is InChI=1S/C13H17N5OS/c1-3-17(4-2)11(19)9-18-12(15-16-13(18)20)10-6-5-7-14-8-10/h5-8H,3-4,9H2,1-2H3,(H,16,20). The minimum atomic E-state index is 0.0256. The van der Waals surface area contributed by atoms with E-state index in [9.17, 15) is 4.79 Å². The number of H-pyrrole nitrogens is 1. The monoisotopic (exact) mass is 291 g/mol. The van der Waals surface area contributed by atoms with Gasteiger partial charge in [-0.2, -0.15) is 5.10 Å². The summed E-state index contributed by atoms with van der Waals surface area (Å²) in [7, 11) is 0. The number of hydrogen-bond acceptors (Lipinski definition) is 4. The molecular weight excluding hydrogens is 274 g/mol. The van der Waals surface area contributed by atoms with Crippen LogP contribution >= 0.6 is 12.2 Å². The number of rotatable bonds is 5. The second-order valence-electron chi connectivity index (χ2n) is 4.25. The Bertz CT molecular complexity index is 630. The maximum Gasteiger partial charge on any atom is 0.242 e. The zero-order chi connectivity index (χ0) is 14.5. The molecule has 1 amide bonds. The van der Waals surface area contributed by atoms with E-state index in [4.69, 9.17) is 12.2 Å². The van der Waals surface area contributed by atoms with Crippen molar-refractivity contribution < 1.29 is 4.79 Å². The predicted molar refractivity (Wildman–Crippen MR) is 78.6 cm³/mol. The molecule has 106 valence electrons. The van der Waals surface area contributed by atoms with Gasteiger partial charge in [0.25, 0.3) is 0 Å². The van der Waals surface area contributed by atoms with Crippen molar-refractivity contribution in [1.82, 2.24) is 24.6 Å². The van der Waals surface area contributed by atoms with Crippen molar-refractivity contribution in [2.75, 3.05) is 13.1 Å². The molecule has 2 aromatic heterocycles. The number of nitrogens with one attached hydrogen (secondary N) is 1. The molecule has 0 spiro atoms. The van der Waals surface area contributed by atoms with Gasteiger partial charge < -0.3 is 4.90 Å². The van der Waals surface area contributed by atoms with E-state index >= 15 is 0 Å². The van der Waals surface area contributed by atoms with Crippen LogP contribution in [0.5, 0.6) is 0 Å². The summed E-state index contributed by atoms with van der Waals surface area (Å²) in [4.78, 5) is 18.0. The van der Waals surface area contributed by atoms with E-state index in [0.717, 1.165) is 5.56 Å². The molecule has 6 nitrogen and oxygen atoms in total. The zero-order valence-electron chi connectivity index (χ0n) is 11.5. The molecule has 0 unspecified atom stereocenters. The van der Waals surface area contributed by atoms with Crippen molar-refractivity contribution in [3.63, 3.8) is 0 Å². The Morgan fingerprint density at radius 1 is 1.45 bits per heavy atom. The van der Waals surface area contributed by atoms with Crippen LogP contribution in [0.25, 0.3) is 11.4 Å². The highest BCUT2D eigenvalue weighted by Crippen LogP contribution is 2.15. The van der Waals surface area contributed by atoms with Crippen LogP contribution in [0.15, 0.2) is 24.5 Å². The Morgan fingerprint density at radius 3 is 2.80 bits per heavy atom. The first kappa shape index (κ1) is 14.4. The summed E-state index contributed by atoms with van der Waals surface area (Å²) in [5.41, 5.74) is 0.826. The van der Waals surface area contributed by atoms with E-state index in [-0.39, 0.29) is 12.5 Å². The first-order chi connectivity index (χ1) is 9.67. The van der Waals surface area contributed by atoms with Crippen molar-refractivity contribution >= 4 is 18.1 Å². The van der Waals surface area contributed by atoms with Crippen LogP contribution in [0.3, 0.4) is 0 Å². The van der Waals surface area contributed by atoms with Gasteiger partial charge in [0, 0.05) is 31.0 Å². The number of carbonyl (C=O) groups excluding carboxylic acids is 1. The average molecular weight is 291 g/mol. The quantitative estimate of drug-likeness (QED) is 0.854. The summed E-state index contributed by atoms with van der Waals surface area (Å²) in [6.07, 6.45) is 3.39. The molecule has 2 aromatic rings. The molecule has 0 bridgehead atoms. The molecule has 0 fully saturated rings. The summed E-state index contributed by atoms with van der Waals surface area (Å²) in [5.74, 6) is 0.654. The van der Waals surface area contributed by atoms with Gasteiger partial charge in [-0.15, -0.1) is 0 Å². The van der Waals surface area contributed by atoms with E-state index in [2.05, 4.69) is 15.2 Å². The maximum absolute atomic E-state index is 12.2. The highest BCUT2D eigenvalue weighted by molar-refractivity contribution is 7.71. The second kappa shape index (κ2) is 6.42. The molecule has 0 atom stereocenters. The Kier molecular flexibility index (Phi) is 4.62. The number of likely N-dealkylation sites (N-methyl/N-ethyl adjacent to an activating group) is 1. The van der Waals surface area contributed by atoms with E-state index in [1.54, 1.807) is 21.9 Å². The van der Waals surface area contributed by atoms with Crippen molar-refractivity contribution in [3.05, 3.63) is 29.3 Å². The SMILES string of the molecule is CCN(CC)C(=O)Cn1c(-c2cccnc2)n[nH]c1=S. The van der Waals surface area contributed by atoms with E-state index in [1.807, 2.05) is 26.0 Å². The predicted octanol–water partition coefficient (Wildman–Crippen LogP) is 1.87.